The number of carbonyl (C=O) groups excluding carboxylic acids is 2. The predicted molar refractivity (Wildman–Crippen MR) is 128 cm³/mol. The Morgan fingerprint density at radius 2 is 1.75 bits per heavy atom. The van der Waals surface area contributed by atoms with Crippen LogP contribution < -0.4 is 10.1 Å². The summed E-state index contributed by atoms with van der Waals surface area (Å²) in [4.78, 5) is 28.1. The highest BCUT2D eigenvalue weighted by molar-refractivity contribution is 6.32. The van der Waals surface area contributed by atoms with Crippen molar-refractivity contribution in [2.45, 2.75) is 64.0 Å². The monoisotopic (exact) mass is 456 g/mol. The van der Waals surface area contributed by atoms with Gasteiger partial charge in [0.05, 0.1) is 5.02 Å². The van der Waals surface area contributed by atoms with Gasteiger partial charge in [-0.3, -0.25) is 9.59 Å². The fourth-order valence-corrected chi connectivity index (χ4v) is 4.41. The van der Waals surface area contributed by atoms with Gasteiger partial charge in [0, 0.05) is 12.6 Å². The molecule has 0 radical (unpaired) electrons. The Kier molecular flexibility index (Phi) is 9.42. The van der Waals surface area contributed by atoms with Gasteiger partial charge in [-0.15, -0.1) is 0 Å². The first-order chi connectivity index (χ1) is 15.6. The molecule has 5 nitrogen and oxygen atoms in total. The number of halogens is 1. The number of benzene rings is 2. The van der Waals surface area contributed by atoms with Crippen LogP contribution in [0.1, 0.15) is 51.0 Å². The van der Waals surface area contributed by atoms with Gasteiger partial charge >= 0.3 is 0 Å². The maximum atomic E-state index is 13.2. The minimum atomic E-state index is -0.525. The van der Waals surface area contributed by atoms with E-state index in [-0.39, 0.29) is 24.5 Å². The topological polar surface area (TPSA) is 58.6 Å². The number of amides is 2. The van der Waals surface area contributed by atoms with E-state index in [0.717, 1.165) is 31.2 Å². The number of nitrogens with one attached hydrogen (secondary N) is 1. The van der Waals surface area contributed by atoms with E-state index in [1.807, 2.05) is 49.4 Å². The van der Waals surface area contributed by atoms with Crippen molar-refractivity contribution in [3.8, 4) is 5.75 Å². The predicted octanol–water partition coefficient (Wildman–Crippen LogP) is 5.02. The Labute approximate surface area is 196 Å². The van der Waals surface area contributed by atoms with Crippen LogP contribution >= 0.6 is 11.6 Å². The summed E-state index contributed by atoms with van der Waals surface area (Å²) in [5, 5.41) is 3.65. The third-order valence-corrected chi connectivity index (χ3v) is 6.32. The summed E-state index contributed by atoms with van der Waals surface area (Å²) in [6.07, 6.45) is 6.75. The first-order valence-corrected chi connectivity index (χ1v) is 12.0. The number of hydrogen-bond donors (Lipinski definition) is 1. The minimum Gasteiger partial charge on any atom is -0.482 e. The van der Waals surface area contributed by atoms with E-state index in [0.29, 0.717) is 30.2 Å². The molecule has 0 aliphatic heterocycles. The lowest BCUT2D eigenvalue weighted by molar-refractivity contribution is -0.142. The maximum absolute atomic E-state index is 13.2. The molecule has 32 heavy (non-hydrogen) atoms. The lowest BCUT2D eigenvalue weighted by Gasteiger charge is -2.32. The van der Waals surface area contributed by atoms with Gasteiger partial charge in [-0.2, -0.15) is 0 Å². The molecular formula is C26H33ClN2O3. The summed E-state index contributed by atoms with van der Waals surface area (Å²) >= 11 is 6.16. The molecule has 2 aromatic carbocycles. The Bertz CT molecular complexity index is 868. The van der Waals surface area contributed by atoms with Gasteiger partial charge in [0.25, 0.3) is 5.91 Å². The van der Waals surface area contributed by atoms with Crippen LogP contribution in [0.4, 0.5) is 0 Å². The van der Waals surface area contributed by atoms with E-state index in [4.69, 9.17) is 16.3 Å². The van der Waals surface area contributed by atoms with Crippen molar-refractivity contribution in [1.29, 1.82) is 0 Å². The van der Waals surface area contributed by atoms with E-state index in [1.54, 1.807) is 17.0 Å². The van der Waals surface area contributed by atoms with E-state index in [9.17, 15) is 9.59 Å². The van der Waals surface area contributed by atoms with Gasteiger partial charge in [-0.25, -0.2) is 0 Å². The molecule has 1 N–H and O–H groups in total. The van der Waals surface area contributed by atoms with Crippen molar-refractivity contribution in [2.75, 3.05) is 13.2 Å². The van der Waals surface area contributed by atoms with Crippen molar-refractivity contribution in [1.82, 2.24) is 10.2 Å². The third-order valence-electron chi connectivity index (χ3n) is 6.01. The second-order valence-corrected chi connectivity index (χ2v) is 8.72. The number of nitrogens with zero attached hydrogens (tertiary/aromatic N) is 1. The molecular weight excluding hydrogens is 424 g/mol. The first-order valence-electron chi connectivity index (χ1n) is 11.6. The second-order valence-electron chi connectivity index (χ2n) is 8.31. The van der Waals surface area contributed by atoms with Crippen LogP contribution in [0.15, 0.2) is 54.6 Å². The number of ether oxygens (including phenoxy) is 1. The van der Waals surface area contributed by atoms with Gasteiger partial charge < -0.3 is 15.0 Å². The Balaban J connectivity index is 1.70. The third kappa shape index (κ3) is 6.99. The average Bonchev–Trinajstić information content (AvgIpc) is 2.82. The molecule has 1 saturated carbocycles. The van der Waals surface area contributed by atoms with Crippen molar-refractivity contribution >= 4 is 23.4 Å². The van der Waals surface area contributed by atoms with Crippen LogP contribution in [-0.2, 0) is 16.0 Å². The Morgan fingerprint density at radius 1 is 1.06 bits per heavy atom. The standard InChI is InChI=1S/C26H33ClN2O3/c1-2-23(26(31)28-21-13-7-4-8-14-21)29(18-17-20-11-5-3-6-12-20)25(30)19-32-24-16-10-9-15-22(24)27/h3,5-6,9-12,15-16,21,23H,2,4,7-8,13-14,17-19H2,1H3,(H,28,31)/t23-/m1/s1. The van der Waals surface area contributed by atoms with Crippen molar-refractivity contribution in [3.05, 3.63) is 65.2 Å². The van der Waals surface area contributed by atoms with Crippen LogP contribution in [0, 0.1) is 0 Å². The summed E-state index contributed by atoms with van der Waals surface area (Å²) in [6.45, 7) is 2.24. The fourth-order valence-electron chi connectivity index (χ4n) is 4.22. The van der Waals surface area contributed by atoms with E-state index < -0.39 is 6.04 Å². The van der Waals surface area contributed by atoms with E-state index in [1.165, 1.54) is 6.42 Å². The quantitative estimate of drug-likeness (QED) is 0.546. The van der Waals surface area contributed by atoms with Gasteiger partial charge in [0.1, 0.15) is 11.8 Å². The summed E-state index contributed by atoms with van der Waals surface area (Å²) in [5.41, 5.74) is 1.12. The number of rotatable bonds is 10. The van der Waals surface area contributed by atoms with Crippen LogP contribution in [0.25, 0.3) is 0 Å². The lowest BCUT2D eigenvalue weighted by Crippen LogP contribution is -2.53. The largest absolute Gasteiger partial charge is 0.482 e. The maximum Gasteiger partial charge on any atom is 0.261 e. The van der Waals surface area contributed by atoms with E-state index in [2.05, 4.69) is 5.32 Å². The molecule has 6 heteroatoms. The molecule has 172 valence electrons. The molecule has 1 fully saturated rings. The normalized spacial score (nSPS) is 15.1. The van der Waals surface area contributed by atoms with Gasteiger partial charge in [-0.1, -0.05) is 80.3 Å². The SMILES string of the molecule is CC[C@H](C(=O)NC1CCCCC1)N(CCc1ccccc1)C(=O)COc1ccccc1Cl. The van der Waals surface area contributed by atoms with Crippen molar-refractivity contribution in [3.63, 3.8) is 0 Å². The average molecular weight is 457 g/mol. The molecule has 2 amide bonds. The minimum absolute atomic E-state index is 0.0708. The molecule has 1 atom stereocenters. The van der Waals surface area contributed by atoms with Crippen LogP contribution in [0.2, 0.25) is 5.02 Å². The molecule has 1 aliphatic rings. The Hall–Kier alpha value is -2.53. The Morgan fingerprint density at radius 3 is 2.44 bits per heavy atom. The molecule has 3 rings (SSSR count). The van der Waals surface area contributed by atoms with E-state index >= 15 is 0 Å². The summed E-state index contributed by atoms with van der Waals surface area (Å²) in [5.74, 6) is 0.176. The zero-order valence-electron chi connectivity index (χ0n) is 18.8. The van der Waals surface area contributed by atoms with Crippen molar-refractivity contribution < 1.29 is 14.3 Å². The van der Waals surface area contributed by atoms with Gasteiger partial charge in [-0.05, 0) is 43.4 Å². The molecule has 1 aliphatic carbocycles. The summed E-state index contributed by atoms with van der Waals surface area (Å²) in [7, 11) is 0. The molecule has 0 unspecified atom stereocenters. The van der Waals surface area contributed by atoms with Gasteiger partial charge in [0.2, 0.25) is 5.91 Å². The number of para-hydroxylation sites is 1. The summed E-state index contributed by atoms with van der Waals surface area (Å²) in [6, 6.07) is 16.8. The zero-order valence-corrected chi connectivity index (χ0v) is 19.5. The van der Waals surface area contributed by atoms with Crippen molar-refractivity contribution in [2.24, 2.45) is 0 Å². The summed E-state index contributed by atoms with van der Waals surface area (Å²) < 4.78 is 5.70. The van der Waals surface area contributed by atoms with Gasteiger partial charge in [0.15, 0.2) is 6.61 Å². The lowest BCUT2D eigenvalue weighted by atomic mass is 9.95. The highest BCUT2D eigenvalue weighted by atomic mass is 35.5. The zero-order chi connectivity index (χ0) is 22.8. The van der Waals surface area contributed by atoms with Crippen LogP contribution in [0.5, 0.6) is 5.75 Å². The molecule has 0 saturated heterocycles. The number of carbonyl (C=O) groups is 2. The molecule has 0 aromatic heterocycles. The van der Waals surface area contributed by atoms with Crippen LogP contribution in [-0.4, -0.2) is 41.9 Å². The van der Waals surface area contributed by atoms with Crippen LogP contribution in [0.3, 0.4) is 0 Å². The molecule has 0 spiro atoms. The fraction of sp³-hybridized carbons (Fsp3) is 0.462. The number of hydrogen-bond acceptors (Lipinski definition) is 3. The highest BCUT2D eigenvalue weighted by Gasteiger charge is 2.30. The second kappa shape index (κ2) is 12.5. The molecule has 0 heterocycles. The molecule has 0 bridgehead atoms. The molecule has 2 aromatic rings. The smallest absolute Gasteiger partial charge is 0.261 e. The highest BCUT2D eigenvalue weighted by Crippen LogP contribution is 2.23. The first kappa shape index (κ1) is 24.1.